The Kier molecular flexibility index (Phi) is 8.90. The Morgan fingerprint density at radius 1 is 1.21 bits per heavy atom. The van der Waals surface area contributed by atoms with E-state index in [1.54, 1.807) is 0 Å². The second kappa shape index (κ2) is 11.2. The van der Waals surface area contributed by atoms with Gasteiger partial charge in [0.05, 0.1) is 11.5 Å². The third kappa shape index (κ3) is 7.32. The van der Waals surface area contributed by atoms with E-state index in [0.717, 1.165) is 32.2 Å². The summed E-state index contributed by atoms with van der Waals surface area (Å²) in [5, 5.41) is 44.3. The highest BCUT2D eigenvalue weighted by Crippen LogP contribution is 2.27. The van der Waals surface area contributed by atoms with E-state index in [4.69, 9.17) is 10.8 Å². The van der Waals surface area contributed by atoms with Crippen molar-refractivity contribution in [3.05, 3.63) is 29.3 Å². The highest BCUT2D eigenvalue weighted by atomic mass is 16.4. The number of benzene rings is 1. The fraction of sp³-hybridized carbons (Fsp3) is 0.579. The van der Waals surface area contributed by atoms with Gasteiger partial charge in [-0.3, -0.25) is 4.79 Å². The average molecular weight is 407 g/mol. The molecule has 0 bridgehead atoms. The highest BCUT2D eigenvalue weighted by Gasteiger charge is 2.29. The van der Waals surface area contributed by atoms with Crippen molar-refractivity contribution in [2.75, 3.05) is 13.1 Å². The maximum absolute atomic E-state index is 12.4. The zero-order valence-corrected chi connectivity index (χ0v) is 16.4. The molecular formula is C19H30BN3O6. The van der Waals surface area contributed by atoms with E-state index in [9.17, 15) is 24.7 Å². The Balaban J connectivity index is 1.90. The van der Waals surface area contributed by atoms with E-state index < -0.39 is 19.0 Å². The third-order valence-corrected chi connectivity index (χ3v) is 5.37. The molecule has 0 saturated heterocycles. The van der Waals surface area contributed by atoms with Crippen molar-refractivity contribution in [2.24, 2.45) is 11.7 Å². The molecule has 9 nitrogen and oxygen atoms in total. The van der Waals surface area contributed by atoms with Crippen molar-refractivity contribution in [1.29, 1.82) is 0 Å². The number of carboxylic acids is 1. The average Bonchev–Trinajstić information content (AvgIpc) is 2.68. The first-order chi connectivity index (χ1) is 13.8. The smallest absolute Gasteiger partial charge is 0.475 e. The van der Waals surface area contributed by atoms with Gasteiger partial charge < -0.3 is 36.6 Å². The molecule has 1 atom stereocenters. The number of amides is 1. The Morgan fingerprint density at radius 3 is 2.48 bits per heavy atom. The minimum atomic E-state index is -1.84. The first kappa shape index (κ1) is 23.1. The molecule has 0 spiro atoms. The van der Waals surface area contributed by atoms with Crippen molar-refractivity contribution in [3.8, 4) is 5.75 Å². The summed E-state index contributed by atoms with van der Waals surface area (Å²) in [5.74, 6) is -2.45. The Morgan fingerprint density at radius 2 is 1.90 bits per heavy atom. The number of aromatic hydroxyl groups is 1. The van der Waals surface area contributed by atoms with Gasteiger partial charge in [-0.05, 0) is 61.8 Å². The lowest BCUT2D eigenvalue weighted by atomic mass is 9.75. The molecule has 2 rings (SSSR count). The monoisotopic (exact) mass is 407 g/mol. The number of aromatic carboxylic acids is 1. The van der Waals surface area contributed by atoms with Crippen LogP contribution in [0.3, 0.4) is 0 Å². The molecule has 1 aromatic carbocycles. The number of hydrogen-bond acceptors (Lipinski definition) is 7. The summed E-state index contributed by atoms with van der Waals surface area (Å²) in [6.07, 6.45) is 3.94. The van der Waals surface area contributed by atoms with Gasteiger partial charge in [-0.25, -0.2) is 4.79 Å². The molecule has 0 radical (unpaired) electrons. The van der Waals surface area contributed by atoms with E-state index in [1.165, 1.54) is 18.2 Å². The van der Waals surface area contributed by atoms with Gasteiger partial charge in [0.15, 0.2) is 0 Å². The van der Waals surface area contributed by atoms with Crippen molar-refractivity contribution in [2.45, 2.75) is 50.5 Å². The highest BCUT2D eigenvalue weighted by molar-refractivity contribution is 6.43. The number of nitrogens with one attached hydrogen (secondary N) is 2. The Bertz CT molecular complexity index is 695. The molecule has 1 saturated carbocycles. The molecular weight excluding hydrogens is 377 g/mol. The summed E-state index contributed by atoms with van der Waals surface area (Å²) in [6, 6.07) is 4.17. The van der Waals surface area contributed by atoms with E-state index >= 15 is 0 Å². The van der Waals surface area contributed by atoms with Gasteiger partial charge in [-0.1, -0.05) is 0 Å². The van der Waals surface area contributed by atoms with Crippen LogP contribution in [0.5, 0.6) is 5.75 Å². The number of phenols is 1. The number of carbonyl (C=O) groups is 2. The largest absolute Gasteiger partial charge is 0.508 e. The summed E-state index contributed by atoms with van der Waals surface area (Å²) in [7, 11) is -1.84. The number of phenolic OH excluding ortho intramolecular Hbond substituents is 1. The summed E-state index contributed by atoms with van der Waals surface area (Å²) in [6.45, 7) is 1.37. The Hall–Kier alpha value is -2.14. The zero-order chi connectivity index (χ0) is 21.4. The summed E-state index contributed by atoms with van der Waals surface area (Å²) >= 11 is 0. The second-order valence-electron chi connectivity index (χ2n) is 7.60. The van der Waals surface area contributed by atoms with Gasteiger partial charge in [0.25, 0.3) is 0 Å². The fourth-order valence-electron chi connectivity index (χ4n) is 3.74. The number of carbonyl (C=O) groups excluding carboxylic acids is 1. The van der Waals surface area contributed by atoms with Gasteiger partial charge in [-0.2, -0.15) is 0 Å². The first-order valence-electron chi connectivity index (χ1n) is 9.94. The number of rotatable bonds is 10. The van der Waals surface area contributed by atoms with Crippen LogP contribution in [-0.4, -0.2) is 64.3 Å². The normalized spacial score (nSPS) is 20.1. The van der Waals surface area contributed by atoms with Crippen molar-refractivity contribution >= 4 is 19.0 Å². The van der Waals surface area contributed by atoms with Crippen LogP contribution < -0.4 is 16.4 Å². The second-order valence-corrected chi connectivity index (χ2v) is 7.60. The first-order valence-corrected chi connectivity index (χ1v) is 9.94. The number of carboxylic acid groups (broad SMARTS) is 1. The molecule has 29 heavy (non-hydrogen) atoms. The standard InChI is InChI=1S/C19H30BN3O6/c21-7-8-22-15-4-1-12(2-5-15)9-18(25)23-17(20(28)29)11-14-10-13(19(26)27)3-6-16(14)24/h3,6,10,12,15,17,22,24,28-29H,1-2,4-5,7-9,11,21H2,(H,23,25)(H,26,27). The van der Waals surface area contributed by atoms with E-state index in [1.807, 2.05) is 0 Å². The van der Waals surface area contributed by atoms with Crippen LogP contribution in [0.15, 0.2) is 18.2 Å². The molecule has 1 unspecified atom stereocenters. The van der Waals surface area contributed by atoms with E-state index in [2.05, 4.69) is 10.6 Å². The number of hydrogen-bond donors (Lipinski definition) is 7. The quantitative estimate of drug-likeness (QED) is 0.258. The van der Waals surface area contributed by atoms with Crippen LogP contribution in [0.1, 0.15) is 48.0 Å². The maximum Gasteiger partial charge on any atom is 0.475 e. The summed E-state index contributed by atoms with van der Waals surface area (Å²) < 4.78 is 0. The van der Waals surface area contributed by atoms with Crippen LogP contribution in [-0.2, 0) is 11.2 Å². The van der Waals surface area contributed by atoms with Gasteiger partial charge >= 0.3 is 13.1 Å². The molecule has 160 valence electrons. The van der Waals surface area contributed by atoms with Crippen LogP contribution in [0.25, 0.3) is 0 Å². The van der Waals surface area contributed by atoms with Gasteiger partial charge in [0, 0.05) is 25.6 Å². The predicted octanol–water partition coefficient (Wildman–Crippen LogP) is -0.373. The van der Waals surface area contributed by atoms with Gasteiger partial charge in [-0.15, -0.1) is 0 Å². The van der Waals surface area contributed by atoms with Crippen molar-refractivity contribution in [1.82, 2.24) is 10.6 Å². The summed E-state index contributed by atoms with van der Waals surface area (Å²) in [5.41, 5.74) is 5.68. The molecule has 1 aromatic rings. The van der Waals surface area contributed by atoms with Crippen LogP contribution in [0.2, 0.25) is 0 Å². The topological polar surface area (TPSA) is 165 Å². The molecule has 1 aliphatic rings. The Labute approximate surface area is 170 Å². The van der Waals surface area contributed by atoms with Crippen LogP contribution in [0.4, 0.5) is 0 Å². The lowest BCUT2D eigenvalue weighted by molar-refractivity contribution is -0.122. The summed E-state index contributed by atoms with van der Waals surface area (Å²) in [4.78, 5) is 23.5. The molecule has 10 heteroatoms. The van der Waals surface area contributed by atoms with Gasteiger partial charge in [0.1, 0.15) is 5.75 Å². The van der Waals surface area contributed by atoms with Crippen molar-refractivity contribution in [3.63, 3.8) is 0 Å². The minimum Gasteiger partial charge on any atom is -0.508 e. The fourth-order valence-corrected chi connectivity index (χ4v) is 3.74. The molecule has 8 N–H and O–H groups in total. The molecule has 1 aliphatic carbocycles. The zero-order valence-electron chi connectivity index (χ0n) is 16.4. The maximum atomic E-state index is 12.4. The van der Waals surface area contributed by atoms with Crippen molar-refractivity contribution < 1.29 is 29.9 Å². The van der Waals surface area contributed by atoms with E-state index in [0.29, 0.717) is 12.6 Å². The third-order valence-electron chi connectivity index (χ3n) is 5.37. The molecule has 1 fully saturated rings. The van der Waals surface area contributed by atoms with Crippen LogP contribution in [0, 0.1) is 5.92 Å². The molecule has 0 aromatic heterocycles. The number of nitrogens with two attached hydrogens (primary N) is 1. The van der Waals surface area contributed by atoms with E-state index in [-0.39, 0.29) is 41.5 Å². The molecule has 0 aliphatic heterocycles. The lowest BCUT2D eigenvalue weighted by Gasteiger charge is -2.29. The molecule has 1 amide bonds. The SMILES string of the molecule is NCCNC1CCC(CC(=O)NC(Cc2cc(C(=O)O)ccc2O)B(O)O)CC1. The van der Waals surface area contributed by atoms with Gasteiger partial charge in [0.2, 0.25) is 5.91 Å². The lowest BCUT2D eigenvalue weighted by Crippen LogP contribution is -2.48. The van der Waals surface area contributed by atoms with Crippen LogP contribution >= 0.6 is 0 Å². The molecule has 0 heterocycles. The minimum absolute atomic E-state index is 0.0321. The predicted molar refractivity (Wildman–Crippen MR) is 108 cm³/mol.